The van der Waals surface area contributed by atoms with Gasteiger partial charge in [0.1, 0.15) is 17.5 Å². The standard InChI is InChI=1S/C24H21FN8/c1-15-28-16(2)33(31-15)22-6-4-21(5-7-22)29-24-26-9-8-23(30-24)18-10-17(11-20(25)12-18)19-13-27-32(3)14-19/h4-14H,1-3H3,(H,26,29,30). The summed E-state index contributed by atoms with van der Waals surface area (Å²) in [4.78, 5) is 13.2. The fourth-order valence-corrected chi connectivity index (χ4v) is 3.63. The highest BCUT2D eigenvalue weighted by Gasteiger charge is 2.10. The summed E-state index contributed by atoms with van der Waals surface area (Å²) in [5.74, 6) is 1.63. The van der Waals surface area contributed by atoms with Gasteiger partial charge >= 0.3 is 0 Å². The van der Waals surface area contributed by atoms with Crippen LogP contribution in [0.15, 0.2) is 67.1 Å². The van der Waals surface area contributed by atoms with Crippen molar-refractivity contribution in [1.82, 2.24) is 34.5 Å². The molecule has 0 amide bonds. The van der Waals surface area contributed by atoms with E-state index < -0.39 is 0 Å². The molecule has 0 saturated heterocycles. The number of nitrogens with zero attached hydrogens (tertiary/aromatic N) is 7. The topological polar surface area (TPSA) is 86.3 Å². The molecule has 0 fully saturated rings. The summed E-state index contributed by atoms with van der Waals surface area (Å²) < 4.78 is 17.8. The van der Waals surface area contributed by atoms with Crippen LogP contribution in [0.1, 0.15) is 11.6 Å². The van der Waals surface area contributed by atoms with E-state index >= 15 is 0 Å². The lowest BCUT2D eigenvalue weighted by atomic mass is 10.0. The average molecular weight is 440 g/mol. The van der Waals surface area contributed by atoms with Gasteiger partial charge in [-0.25, -0.2) is 24.0 Å². The zero-order valence-electron chi connectivity index (χ0n) is 18.4. The van der Waals surface area contributed by atoms with Crippen molar-refractivity contribution in [3.63, 3.8) is 0 Å². The van der Waals surface area contributed by atoms with Crippen LogP contribution in [0.3, 0.4) is 0 Å². The van der Waals surface area contributed by atoms with E-state index in [1.165, 1.54) is 12.1 Å². The molecule has 0 radical (unpaired) electrons. The molecule has 9 heteroatoms. The van der Waals surface area contributed by atoms with E-state index in [1.807, 2.05) is 57.4 Å². The van der Waals surface area contributed by atoms with E-state index in [9.17, 15) is 4.39 Å². The highest BCUT2D eigenvalue weighted by Crippen LogP contribution is 2.27. The molecule has 33 heavy (non-hydrogen) atoms. The van der Waals surface area contributed by atoms with Gasteiger partial charge in [-0.3, -0.25) is 4.68 Å². The van der Waals surface area contributed by atoms with E-state index in [1.54, 1.807) is 27.8 Å². The summed E-state index contributed by atoms with van der Waals surface area (Å²) in [7, 11) is 1.83. The zero-order valence-corrected chi connectivity index (χ0v) is 18.4. The highest BCUT2D eigenvalue weighted by molar-refractivity contribution is 5.71. The zero-order chi connectivity index (χ0) is 22.9. The van der Waals surface area contributed by atoms with Gasteiger partial charge in [0, 0.05) is 36.3 Å². The van der Waals surface area contributed by atoms with Crippen molar-refractivity contribution in [3.8, 4) is 28.1 Å². The van der Waals surface area contributed by atoms with E-state index in [4.69, 9.17) is 0 Å². The maximum Gasteiger partial charge on any atom is 0.227 e. The highest BCUT2D eigenvalue weighted by atomic mass is 19.1. The van der Waals surface area contributed by atoms with Crippen LogP contribution in [0.5, 0.6) is 0 Å². The minimum Gasteiger partial charge on any atom is -0.324 e. The third-order valence-corrected chi connectivity index (χ3v) is 5.13. The number of hydrogen-bond acceptors (Lipinski definition) is 6. The maximum absolute atomic E-state index is 14.4. The van der Waals surface area contributed by atoms with Crippen LogP contribution in [0, 0.1) is 19.7 Å². The summed E-state index contributed by atoms with van der Waals surface area (Å²) in [6, 6.07) is 14.3. The number of hydrogen-bond donors (Lipinski definition) is 1. The fourth-order valence-electron chi connectivity index (χ4n) is 3.63. The molecule has 5 rings (SSSR count). The van der Waals surface area contributed by atoms with E-state index in [0.717, 1.165) is 34.2 Å². The number of rotatable bonds is 5. The SMILES string of the molecule is Cc1nc(C)n(-c2ccc(Nc3nccc(-c4cc(F)cc(-c5cnn(C)c5)c4)n3)cc2)n1. The normalized spacial score (nSPS) is 11.0. The molecule has 3 aromatic heterocycles. The molecule has 8 nitrogen and oxygen atoms in total. The van der Waals surface area contributed by atoms with Crippen molar-refractivity contribution in [2.45, 2.75) is 13.8 Å². The largest absolute Gasteiger partial charge is 0.324 e. The van der Waals surface area contributed by atoms with Crippen molar-refractivity contribution >= 4 is 11.6 Å². The van der Waals surface area contributed by atoms with Crippen molar-refractivity contribution in [3.05, 3.63) is 84.6 Å². The molecule has 0 unspecified atom stereocenters. The molecule has 0 saturated carbocycles. The van der Waals surface area contributed by atoms with Gasteiger partial charge in [-0.05, 0) is 67.9 Å². The fraction of sp³-hybridized carbons (Fsp3) is 0.125. The lowest BCUT2D eigenvalue weighted by Crippen LogP contribution is -2.01. The first kappa shape index (κ1) is 20.5. The predicted octanol–water partition coefficient (Wildman–Crippen LogP) is 4.62. The molecular weight excluding hydrogens is 419 g/mol. The number of aromatic nitrogens is 7. The van der Waals surface area contributed by atoms with Crippen LogP contribution in [-0.4, -0.2) is 34.5 Å². The van der Waals surface area contributed by atoms with Gasteiger partial charge in [0.25, 0.3) is 0 Å². The quantitative estimate of drug-likeness (QED) is 0.429. The summed E-state index contributed by atoms with van der Waals surface area (Å²) in [6.07, 6.45) is 5.20. The van der Waals surface area contributed by atoms with Crippen LogP contribution in [0.25, 0.3) is 28.1 Å². The monoisotopic (exact) mass is 440 g/mol. The van der Waals surface area contributed by atoms with Crippen LogP contribution in [-0.2, 0) is 7.05 Å². The molecule has 0 aliphatic heterocycles. The maximum atomic E-state index is 14.4. The van der Waals surface area contributed by atoms with Gasteiger partial charge in [0.15, 0.2) is 0 Å². The molecule has 0 aliphatic carbocycles. The first-order valence-electron chi connectivity index (χ1n) is 10.4. The Bertz CT molecular complexity index is 1440. The molecule has 2 aromatic carbocycles. The smallest absolute Gasteiger partial charge is 0.227 e. The Balaban J connectivity index is 1.40. The molecule has 0 bridgehead atoms. The van der Waals surface area contributed by atoms with Gasteiger partial charge in [-0.2, -0.15) is 10.2 Å². The average Bonchev–Trinajstić information content (AvgIpc) is 3.38. The predicted molar refractivity (Wildman–Crippen MR) is 124 cm³/mol. The molecule has 3 heterocycles. The Morgan fingerprint density at radius 2 is 1.70 bits per heavy atom. The summed E-state index contributed by atoms with van der Waals surface area (Å²) in [5, 5.41) is 11.8. The summed E-state index contributed by atoms with van der Waals surface area (Å²) in [6.45, 7) is 3.78. The van der Waals surface area contributed by atoms with E-state index in [0.29, 0.717) is 17.2 Å². The Morgan fingerprint density at radius 3 is 2.39 bits per heavy atom. The van der Waals surface area contributed by atoms with E-state index in [-0.39, 0.29) is 5.82 Å². The van der Waals surface area contributed by atoms with Gasteiger partial charge in [-0.15, -0.1) is 0 Å². The lowest BCUT2D eigenvalue weighted by molar-refractivity contribution is 0.629. The molecule has 5 aromatic rings. The first-order chi connectivity index (χ1) is 15.9. The van der Waals surface area contributed by atoms with Gasteiger partial charge in [0.2, 0.25) is 5.95 Å². The number of benzene rings is 2. The Hall–Kier alpha value is -4.40. The molecular formula is C24H21FN8. The lowest BCUT2D eigenvalue weighted by Gasteiger charge is -2.09. The molecule has 0 aliphatic rings. The van der Waals surface area contributed by atoms with Crippen LogP contribution >= 0.6 is 0 Å². The third-order valence-electron chi connectivity index (χ3n) is 5.13. The second kappa shape index (κ2) is 8.27. The van der Waals surface area contributed by atoms with Crippen molar-refractivity contribution < 1.29 is 4.39 Å². The summed E-state index contributed by atoms with van der Waals surface area (Å²) in [5.41, 5.74) is 4.58. The van der Waals surface area contributed by atoms with Crippen molar-refractivity contribution in [2.75, 3.05) is 5.32 Å². The number of halogens is 1. The van der Waals surface area contributed by atoms with Crippen LogP contribution in [0.4, 0.5) is 16.0 Å². The van der Waals surface area contributed by atoms with Gasteiger partial charge in [0.05, 0.1) is 17.6 Å². The first-order valence-corrected chi connectivity index (χ1v) is 10.4. The van der Waals surface area contributed by atoms with E-state index in [2.05, 4.69) is 30.5 Å². The minimum atomic E-state index is -0.339. The second-order valence-corrected chi connectivity index (χ2v) is 7.69. The molecule has 0 spiro atoms. The van der Waals surface area contributed by atoms with Crippen molar-refractivity contribution in [2.24, 2.45) is 7.05 Å². The Labute approximate surface area is 189 Å². The number of nitrogens with one attached hydrogen (secondary N) is 1. The molecule has 0 atom stereocenters. The van der Waals surface area contributed by atoms with Crippen LogP contribution in [0.2, 0.25) is 0 Å². The summed E-state index contributed by atoms with van der Waals surface area (Å²) >= 11 is 0. The molecule has 1 N–H and O–H groups in total. The minimum absolute atomic E-state index is 0.339. The molecule has 164 valence electrons. The number of anilines is 2. The third kappa shape index (κ3) is 4.33. The van der Waals surface area contributed by atoms with Crippen LogP contribution < -0.4 is 5.32 Å². The Morgan fingerprint density at radius 1 is 0.909 bits per heavy atom. The van der Waals surface area contributed by atoms with Crippen molar-refractivity contribution in [1.29, 1.82) is 0 Å². The Kier molecular flexibility index (Phi) is 5.14. The van der Waals surface area contributed by atoms with Gasteiger partial charge in [-0.1, -0.05) is 0 Å². The van der Waals surface area contributed by atoms with Gasteiger partial charge < -0.3 is 5.32 Å². The number of aryl methyl sites for hydroxylation is 3. The second-order valence-electron chi connectivity index (χ2n) is 7.69.